The van der Waals surface area contributed by atoms with Crippen molar-refractivity contribution in [2.24, 2.45) is 0 Å². The van der Waals surface area contributed by atoms with Gasteiger partial charge in [0.2, 0.25) is 5.91 Å². The molecule has 4 nitrogen and oxygen atoms in total. The summed E-state index contributed by atoms with van der Waals surface area (Å²) in [6.07, 6.45) is 2.91. The van der Waals surface area contributed by atoms with Crippen LogP contribution in [0, 0.1) is 0 Å². The van der Waals surface area contributed by atoms with Crippen LogP contribution in [0.5, 0.6) is 0 Å². The zero-order valence-corrected chi connectivity index (χ0v) is 14.7. The Balaban J connectivity index is 2.09. The molecule has 0 aliphatic carbocycles. The Morgan fingerprint density at radius 2 is 2.05 bits per heavy atom. The van der Waals surface area contributed by atoms with Crippen LogP contribution in [0.4, 0.5) is 0 Å². The van der Waals surface area contributed by atoms with E-state index in [1.807, 2.05) is 0 Å². The third kappa shape index (κ3) is 3.26. The van der Waals surface area contributed by atoms with Crippen LogP contribution in [0.3, 0.4) is 0 Å². The molecule has 2 aliphatic heterocycles. The molecule has 0 aromatic carbocycles. The third-order valence-electron chi connectivity index (χ3n) is 5.15. The molecule has 0 spiro atoms. The van der Waals surface area contributed by atoms with Gasteiger partial charge < -0.3 is 14.6 Å². The van der Waals surface area contributed by atoms with Gasteiger partial charge in [0.15, 0.2) is 8.32 Å². The maximum absolute atomic E-state index is 12.0. The molecule has 1 amide bonds. The minimum Gasteiger partial charge on any atom is -0.411 e. The van der Waals surface area contributed by atoms with Crippen LogP contribution in [0.2, 0.25) is 18.1 Å². The van der Waals surface area contributed by atoms with Crippen LogP contribution in [0.1, 0.15) is 40.0 Å². The third-order valence-corrected chi connectivity index (χ3v) is 9.66. The molecule has 0 radical (unpaired) electrons. The quantitative estimate of drug-likeness (QED) is 0.813. The van der Waals surface area contributed by atoms with Gasteiger partial charge in [-0.05, 0) is 37.5 Å². The number of nitrogens with zero attached hydrogens (tertiary/aromatic N) is 1. The number of amides is 1. The number of carbonyl (C=O) groups excluding carboxylic acids is 1. The van der Waals surface area contributed by atoms with E-state index in [9.17, 15) is 4.79 Å². The van der Waals surface area contributed by atoms with Gasteiger partial charge in [0.25, 0.3) is 0 Å². The van der Waals surface area contributed by atoms with E-state index >= 15 is 0 Å². The van der Waals surface area contributed by atoms with Crippen molar-refractivity contribution in [3.63, 3.8) is 0 Å². The summed E-state index contributed by atoms with van der Waals surface area (Å²) in [7, 11) is -1.79. The number of rotatable bonds is 3. The Kier molecular flexibility index (Phi) is 4.62. The Labute approximate surface area is 124 Å². The van der Waals surface area contributed by atoms with E-state index in [-0.39, 0.29) is 17.2 Å². The molecule has 0 unspecified atom stereocenters. The van der Waals surface area contributed by atoms with Crippen molar-refractivity contribution in [3.05, 3.63) is 0 Å². The molecule has 2 rings (SSSR count). The van der Waals surface area contributed by atoms with Crippen molar-refractivity contribution in [1.82, 2.24) is 10.2 Å². The summed E-state index contributed by atoms with van der Waals surface area (Å²) < 4.78 is 6.60. The predicted octanol–water partition coefficient (Wildman–Crippen LogP) is 2.36. The molecule has 0 saturated carbocycles. The van der Waals surface area contributed by atoms with Gasteiger partial charge in [0.1, 0.15) is 0 Å². The van der Waals surface area contributed by atoms with Gasteiger partial charge in [0, 0.05) is 19.5 Å². The zero-order chi connectivity index (χ0) is 15.0. The molecular formula is C15H30N2O2Si. The minimum absolute atomic E-state index is 0.159. The molecule has 20 heavy (non-hydrogen) atoms. The smallest absolute Gasteiger partial charge is 0.222 e. The Bertz CT molecular complexity index is 365. The first-order valence-electron chi connectivity index (χ1n) is 7.90. The van der Waals surface area contributed by atoms with Crippen LogP contribution in [0.15, 0.2) is 0 Å². The molecule has 2 saturated heterocycles. The van der Waals surface area contributed by atoms with Crippen molar-refractivity contribution in [3.8, 4) is 0 Å². The molecule has 1 N–H and O–H groups in total. The standard InChI is InChI=1S/C15H30N2O2Si/c1-15(2,3)20(4,5)19-13-11-16-9-8-12(13)17-10-6-7-14(17)18/h12-13,16H,6-11H2,1-5H3/t12-,13+/m1/s1. The SMILES string of the molecule is CC(C)(C)[Si](C)(C)O[C@H]1CNCC[C@H]1N1CCCC1=O. The largest absolute Gasteiger partial charge is 0.411 e. The fourth-order valence-corrected chi connectivity index (χ4v) is 4.22. The number of nitrogens with one attached hydrogen (secondary N) is 1. The van der Waals surface area contributed by atoms with Crippen LogP contribution in [0.25, 0.3) is 0 Å². The van der Waals surface area contributed by atoms with E-state index in [2.05, 4.69) is 44.1 Å². The van der Waals surface area contributed by atoms with Gasteiger partial charge in [-0.15, -0.1) is 0 Å². The van der Waals surface area contributed by atoms with E-state index < -0.39 is 8.32 Å². The molecule has 2 fully saturated rings. The van der Waals surface area contributed by atoms with Crippen LogP contribution < -0.4 is 5.32 Å². The highest BCUT2D eigenvalue weighted by atomic mass is 28.4. The molecule has 0 aromatic heterocycles. The summed E-state index contributed by atoms with van der Waals surface area (Å²) in [6, 6.07) is 0.278. The summed E-state index contributed by atoms with van der Waals surface area (Å²) in [5.41, 5.74) is 0. The molecule has 0 bridgehead atoms. The number of hydrogen-bond donors (Lipinski definition) is 1. The lowest BCUT2D eigenvalue weighted by Crippen LogP contribution is -2.58. The average molecular weight is 299 g/mol. The van der Waals surface area contributed by atoms with Crippen LogP contribution in [-0.4, -0.2) is 50.9 Å². The van der Waals surface area contributed by atoms with E-state index in [1.54, 1.807) is 0 Å². The van der Waals surface area contributed by atoms with Gasteiger partial charge in [-0.2, -0.15) is 0 Å². The lowest BCUT2D eigenvalue weighted by Gasteiger charge is -2.45. The predicted molar refractivity (Wildman–Crippen MR) is 84.3 cm³/mol. The number of hydrogen-bond acceptors (Lipinski definition) is 3. The molecule has 0 aromatic rings. The normalized spacial score (nSPS) is 29.1. The van der Waals surface area contributed by atoms with Gasteiger partial charge in [-0.3, -0.25) is 4.79 Å². The van der Waals surface area contributed by atoms with E-state index in [1.165, 1.54) is 0 Å². The minimum atomic E-state index is -1.79. The number of piperidine rings is 1. The summed E-state index contributed by atoms with van der Waals surface area (Å²) >= 11 is 0. The molecule has 2 heterocycles. The van der Waals surface area contributed by atoms with Crippen molar-refractivity contribution >= 4 is 14.2 Å². The zero-order valence-electron chi connectivity index (χ0n) is 13.7. The highest BCUT2D eigenvalue weighted by molar-refractivity contribution is 6.74. The molecule has 116 valence electrons. The Morgan fingerprint density at radius 3 is 2.60 bits per heavy atom. The Hall–Kier alpha value is -0.393. The maximum atomic E-state index is 12.0. The van der Waals surface area contributed by atoms with Gasteiger partial charge in [-0.25, -0.2) is 0 Å². The first-order valence-corrected chi connectivity index (χ1v) is 10.8. The summed E-state index contributed by atoms with van der Waals surface area (Å²) in [6.45, 7) is 14.2. The summed E-state index contributed by atoms with van der Waals surface area (Å²) in [5.74, 6) is 0.320. The maximum Gasteiger partial charge on any atom is 0.222 e. The molecule has 2 aliphatic rings. The van der Waals surface area contributed by atoms with E-state index in [0.717, 1.165) is 38.9 Å². The van der Waals surface area contributed by atoms with Crippen LogP contribution in [-0.2, 0) is 9.22 Å². The van der Waals surface area contributed by atoms with Crippen LogP contribution >= 0.6 is 0 Å². The van der Waals surface area contributed by atoms with E-state index in [4.69, 9.17) is 4.43 Å². The molecular weight excluding hydrogens is 268 g/mol. The van der Waals surface area contributed by atoms with E-state index in [0.29, 0.717) is 5.91 Å². The van der Waals surface area contributed by atoms with Crippen molar-refractivity contribution < 1.29 is 9.22 Å². The monoisotopic (exact) mass is 298 g/mol. The lowest BCUT2D eigenvalue weighted by atomic mass is 10.0. The van der Waals surface area contributed by atoms with Crippen molar-refractivity contribution in [1.29, 1.82) is 0 Å². The first-order chi connectivity index (χ1) is 9.22. The van der Waals surface area contributed by atoms with Crippen molar-refractivity contribution in [2.45, 2.75) is 70.3 Å². The summed E-state index contributed by atoms with van der Waals surface area (Å²) in [5, 5.41) is 3.65. The second-order valence-electron chi connectivity index (χ2n) is 7.67. The fourth-order valence-electron chi connectivity index (χ4n) is 2.87. The molecule has 5 heteroatoms. The van der Waals surface area contributed by atoms with Gasteiger partial charge in [-0.1, -0.05) is 20.8 Å². The van der Waals surface area contributed by atoms with Gasteiger partial charge in [0.05, 0.1) is 12.1 Å². The highest BCUT2D eigenvalue weighted by Gasteiger charge is 2.43. The fraction of sp³-hybridized carbons (Fsp3) is 0.933. The highest BCUT2D eigenvalue weighted by Crippen LogP contribution is 2.38. The Morgan fingerprint density at radius 1 is 1.35 bits per heavy atom. The topological polar surface area (TPSA) is 41.6 Å². The van der Waals surface area contributed by atoms with Gasteiger partial charge >= 0.3 is 0 Å². The number of carbonyl (C=O) groups is 1. The average Bonchev–Trinajstić information content (AvgIpc) is 2.74. The summed E-state index contributed by atoms with van der Waals surface area (Å²) in [4.78, 5) is 14.1. The second-order valence-corrected chi connectivity index (χ2v) is 12.4. The second kappa shape index (κ2) is 5.77. The lowest BCUT2D eigenvalue weighted by molar-refractivity contribution is -0.132. The molecule has 2 atom stereocenters. The van der Waals surface area contributed by atoms with Crippen molar-refractivity contribution in [2.75, 3.05) is 19.6 Å². The first kappa shape index (κ1) is 16.0. The number of likely N-dealkylation sites (tertiary alicyclic amines) is 1.